The van der Waals surface area contributed by atoms with Crippen molar-refractivity contribution in [2.24, 2.45) is 11.5 Å². The van der Waals surface area contributed by atoms with E-state index in [1.807, 2.05) is 0 Å². The molecule has 0 saturated carbocycles. The van der Waals surface area contributed by atoms with E-state index in [4.69, 9.17) is 20.9 Å². The van der Waals surface area contributed by atoms with E-state index in [-0.39, 0.29) is 62.5 Å². The first-order valence-corrected chi connectivity index (χ1v) is 31.5. The number of hydrogen-bond donors (Lipinski definition) is 15. The third kappa shape index (κ3) is 24.4. The van der Waals surface area contributed by atoms with Crippen LogP contribution in [-0.4, -0.2) is 220 Å². The SMILES string of the molecule is NC(=O)CC1NC(=O)C(CC(=O)O)NC(=O)C(Cc2ccc(O)cc2)NC(=O)CNC(=O)C(CCC(=O)O)NC(=O)C(Cc2ccccc2)NC(=O)C2COC/C=C\COCC(NC1=O)C(=O)NC(Cc1ccccc1)C(=O)N1CCCC1C(=O)NC(C(N)=O)CSCC(=O)N2. The molecule has 1 saturated heterocycles. The highest BCUT2D eigenvalue weighted by Gasteiger charge is 2.41. The number of nitrogens with one attached hydrogen (secondary N) is 10. The number of carboxylic acids is 2. The lowest BCUT2D eigenvalue weighted by Crippen LogP contribution is -2.61. The molecule has 3 aromatic carbocycles. The van der Waals surface area contributed by atoms with Crippen LogP contribution in [0.5, 0.6) is 5.75 Å². The van der Waals surface area contributed by atoms with Crippen LogP contribution < -0.4 is 64.6 Å². The van der Waals surface area contributed by atoms with E-state index in [1.54, 1.807) is 60.7 Å². The number of carbonyl (C=O) groups is 15. The third-order valence-corrected chi connectivity index (χ3v) is 16.1. The van der Waals surface area contributed by atoms with Crippen molar-refractivity contribution in [2.45, 2.75) is 118 Å². The predicted octanol–water partition coefficient (Wildman–Crippen LogP) is -5.06. The first-order chi connectivity index (χ1) is 45.8. The molecule has 33 nitrogen and oxygen atoms in total. The van der Waals surface area contributed by atoms with Crippen LogP contribution in [0, 0.1) is 0 Å². The van der Waals surface area contributed by atoms with Gasteiger partial charge in [0.2, 0.25) is 76.8 Å². The molecule has 1 fully saturated rings. The Morgan fingerprint density at radius 1 is 0.521 bits per heavy atom. The van der Waals surface area contributed by atoms with E-state index in [1.165, 1.54) is 41.3 Å². The van der Waals surface area contributed by atoms with Crippen LogP contribution in [0.3, 0.4) is 0 Å². The number of benzene rings is 3. The average molecular weight is 1360 g/mol. The number of amides is 13. The molecule has 516 valence electrons. The summed E-state index contributed by atoms with van der Waals surface area (Å²) < 4.78 is 11.6. The summed E-state index contributed by atoms with van der Waals surface area (Å²) in [4.78, 5) is 208. The highest BCUT2D eigenvalue weighted by molar-refractivity contribution is 8.00. The fraction of sp³-hybridized carbons (Fsp3) is 0.435. The Hall–Kier alpha value is -10.5. The van der Waals surface area contributed by atoms with Crippen molar-refractivity contribution in [1.29, 1.82) is 0 Å². The Labute approximate surface area is 553 Å². The topological polar surface area (TPSA) is 511 Å². The maximum atomic E-state index is 14.8. The van der Waals surface area contributed by atoms with Crippen molar-refractivity contribution in [3.05, 3.63) is 114 Å². The fourth-order valence-corrected chi connectivity index (χ4v) is 11.0. The second kappa shape index (κ2) is 37.4. The minimum absolute atomic E-state index is 0.0179. The molecule has 0 spiro atoms. The van der Waals surface area contributed by atoms with E-state index >= 15 is 0 Å². The van der Waals surface area contributed by atoms with E-state index in [0.717, 1.165) is 11.8 Å². The number of aromatic hydroxyl groups is 1. The molecule has 34 heteroatoms. The van der Waals surface area contributed by atoms with Crippen LogP contribution >= 0.6 is 11.8 Å². The molecule has 3 heterocycles. The van der Waals surface area contributed by atoms with Crippen molar-refractivity contribution in [1.82, 2.24) is 58.1 Å². The monoisotopic (exact) mass is 1360 g/mol. The van der Waals surface area contributed by atoms with Gasteiger partial charge in [0.15, 0.2) is 0 Å². The number of carbonyl (C=O) groups excluding carboxylic acids is 13. The van der Waals surface area contributed by atoms with Gasteiger partial charge in [-0.2, -0.15) is 0 Å². The van der Waals surface area contributed by atoms with Gasteiger partial charge in [0, 0.05) is 38.0 Å². The molecular formula is C62H77N13O20S. The van der Waals surface area contributed by atoms with Gasteiger partial charge in [-0.25, -0.2) is 0 Å². The Balaban J connectivity index is 1.44. The molecule has 3 aliphatic heterocycles. The van der Waals surface area contributed by atoms with Crippen LogP contribution in [0.15, 0.2) is 97.1 Å². The summed E-state index contributed by atoms with van der Waals surface area (Å²) in [6.45, 7) is -2.97. The molecule has 10 atom stereocenters. The largest absolute Gasteiger partial charge is 0.508 e. The lowest BCUT2D eigenvalue weighted by molar-refractivity contribution is -0.142. The third-order valence-electron chi connectivity index (χ3n) is 15.1. The number of ether oxygens (including phenoxy) is 2. The van der Waals surface area contributed by atoms with Gasteiger partial charge in [0.25, 0.3) is 0 Å². The first kappa shape index (κ1) is 74.6. The molecule has 0 radical (unpaired) electrons. The zero-order valence-corrected chi connectivity index (χ0v) is 52.6. The van der Waals surface area contributed by atoms with Gasteiger partial charge in [-0.1, -0.05) is 84.9 Å². The Morgan fingerprint density at radius 2 is 1.02 bits per heavy atom. The molecule has 3 aliphatic rings. The number of carboxylic acid groups (broad SMARTS) is 2. The minimum Gasteiger partial charge on any atom is -0.508 e. The first-order valence-electron chi connectivity index (χ1n) is 30.4. The number of rotatable bonds is 14. The molecular weight excluding hydrogens is 1280 g/mol. The molecule has 3 aromatic rings. The number of thioether (sulfide) groups is 1. The minimum atomic E-state index is -2.12. The van der Waals surface area contributed by atoms with Crippen molar-refractivity contribution in [3.63, 3.8) is 0 Å². The standard InChI is InChI=1S/C62H77N13O20S/c63-48(77)27-41-57(88)73-45-31-95-23-8-7-22-94-30-44(67-50(79)33-96-32-46(53(64)84)74-61(92)47-14-9-21-75(47)62(93)43(72-60(45)91)26-35-12-5-2-6-13-35)59(90)69-40(24-34-10-3-1-4-11-34)56(87)68-38(19-20-51(80)81)54(85)65-29-49(78)66-39(25-36-15-17-37(76)18-16-36)55(86)71-42(28-52(82)83)58(89)70-41/h1-8,10-13,15-18,38-47,76H,9,14,19-33H2,(H2,63,77)(H2,64,84)(H,65,85)(H,66,78)(H,67,79)(H,68,87)(H,69,90)(H,70,89)(H,71,86)(H,72,91)(H,73,88)(H,74,92)(H,80,81)(H,82,83)/b8-7-. The van der Waals surface area contributed by atoms with E-state index < -0.39 is 207 Å². The fourth-order valence-electron chi connectivity index (χ4n) is 10.2. The van der Waals surface area contributed by atoms with E-state index in [9.17, 15) is 87.2 Å². The maximum absolute atomic E-state index is 14.8. The number of hydrogen-bond acceptors (Lipinski definition) is 19. The second-order valence-electron chi connectivity index (χ2n) is 22.5. The number of primary amides is 2. The maximum Gasteiger partial charge on any atom is 0.305 e. The lowest BCUT2D eigenvalue weighted by Gasteiger charge is -2.31. The van der Waals surface area contributed by atoms with Crippen molar-refractivity contribution < 1.29 is 96.7 Å². The number of phenolic OH excluding ortho intramolecular Hbond substituents is 1. The quantitative estimate of drug-likeness (QED) is 0.0672. The summed E-state index contributed by atoms with van der Waals surface area (Å²) in [5.74, 6) is -18.1. The van der Waals surface area contributed by atoms with Gasteiger partial charge in [-0.15, -0.1) is 11.8 Å². The van der Waals surface area contributed by atoms with Gasteiger partial charge >= 0.3 is 11.9 Å². The van der Waals surface area contributed by atoms with Crippen LogP contribution in [0.2, 0.25) is 0 Å². The summed E-state index contributed by atoms with van der Waals surface area (Å²) >= 11 is 0.821. The summed E-state index contributed by atoms with van der Waals surface area (Å²) in [7, 11) is 0. The number of phenols is 1. The van der Waals surface area contributed by atoms with E-state index in [2.05, 4.69) is 53.2 Å². The predicted molar refractivity (Wildman–Crippen MR) is 337 cm³/mol. The highest BCUT2D eigenvalue weighted by Crippen LogP contribution is 2.21. The van der Waals surface area contributed by atoms with Gasteiger partial charge in [0.1, 0.15) is 66.2 Å². The smallest absolute Gasteiger partial charge is 0.305 e. The Kier molecular flexibility index (Phi) is 29.1. The zero-order valence-electron chi connectivity index (χ0n) is 51.8. The Bertz CT molecular complexity index is 3350. The van der Waals surface area contributed by atoms with Gasteiger partial charge in [0.05, 0.1) is 51.6 Å². The molecule has 6 rings (SSSR count). The number of aliphatic carboxylic acids is 2. The molecule has 13 amide bonds. The summed E-state index contributed by atoms with van der Waals surface area (Å²) in [6.07, 6.45) is -1.30. The van der Waals surface area contributed by atoms with Gasteiger partial charge in [-0.3, -0.25) is 71.9 Å². The van der Waals surface area contributed by atoms with Crippen LogP contribution in [0.1, 0.15) is 55.2 Å². The molecule has 17 N–H and O–H groups in total. The zero-order chi connectivity index (χ0) is 69.8. The molecule has 10 unspecified atom stereocenters. The van der Waals surface area contributed by atoms with Crippen LogP contribution in [0.4, 0.5) is 0 Å². The van der Waals surface area contributed by atoms with Gasteiger partial charge < -0.3 is 94.3 Å². The number of nitrogens with two attached hydrogens (primary N) is 2. The molecule has 96 heavy (non-hydrogen) atoms. The average Bonchev–Trinajstić information content (AvgIpc) is 1.59. The van der Waals surface area contributed by atoms with Crippen molar-refractivity contribution in [2.75, 3.05) is 51.0 Å². The normalized spacial score (nSPS) is 25.3. The van der Waals surface area contributed by atoms with Gasteiger partial charge in [-0.05, 0) is 48.1 Å². The number of nitrogens with zero attached hydrogens (tertiary/aromatic N) is 1. The van der Waals surface area contributed by atoms with Crippen LogP contribution in [0.25, 0.3) is 0 Å². The highest BCUT2D eigenvalue weighted by atomic mass is 32.2. The summed E-state index contributed by atoms with van der Waals surface area (Å²) in [5.41, 5.74) is 12.6. The summed E-state index contributed by atoms with van der Waals surface area (Å²) in [5, 5.41) is 53.8. The van der Waals surface area contributed by atoms with Crippen LogP contribution in [-0.2, 0) is 101 Å². The Morgan fingerprint density at radius 3 is 1.58 bits per heavy atom. The molecule has 0 aromatic heterocycles. The summed E-state index contributed by atoms with van der Waals surface area (Å²) in [6, 6.07) is 4.79. The van der Waals surface area contributed by atoms with Crippen molar-refractivity contribution >= 4 is 100 Å². The van der Waals surface area contributed by atoms with Crippen molar-refractivity contribution in [3.8, 4) is 5.75 Å². The molecule has 0 aliphatic carbocycles. The molecule has 2 bridgehead atoms. The number of fused-ring (bicyclic) bond motifs is 9. The lowest BCUT2D eigenvalue weighted by atomic mass is 10.0. The van der Waals surface area contributed by atoms with E-state index in [0.29, 0.717) is 11.1 Å². The second-order valence-corrected chi connectivity index (χ2v) is 23.5.